The molecule has 1 amide bonds. The van der Waals surface area contributed by atoms with Crippen LogP contribution in [-0.4, -0.2) is 22.8 Å². The first-order valence-corrected chi connectivity index (χ1v) is 6.88. The van der Waals surface area contributed by atoms with Gasteiger partial charge in [0.15, 0.2) is 0 Å². The van der Waals surface area contributed by atoms with E-state index in [1.807, 2.05) is 27.0 Å². The van der Waals surface area contributed by atoms with E-state index >= 15 is 0 Å². The number of anilines is 1. The highest BCUT2D eigenvalue weighted by molar-refractivity contribution is 6.07. The summed E-state index contributed by atoms with van der Waals surface area (Å²) in [5.41, 5.74) is 3.49. The number of carbonyl (C=O) groups is 1. The van der Waals surface area contributed by atoms with Gasteiger partial charge in [-0.05, 0) is 32.0 Å². The standard InChI is InChI=1S/C16H17N3O3/c1-9-15(10(2)19(3)18-9)17-16(20)11-7-13(21-4)12-5-6-22-14(12)8-11/h5-8H,1-4H3,(H,17,20). The molecule has 3 aromatic rings. The first-order chi connectivity index (χ1) is 10.5. The predicted molar refractivity (Wildman–Crippen MR) is 83.4 cm³/mol. The molecule has 0 aliphatic rings. The molecule has 2 aromatic heterocycles. The zero-order valence-electron chi connectivity index (χ0n) is 12.9. The van der Waals surface area contributed by atoms with Crippen molar-refractivity contribution in [2.75, 3.05) is 12.4 Å². The molecule has 0 aliphatic heterocycles. The number of rotatable bonds is 3. The van der Waals surface area contributed by atoms with E-state index in [2.05, 4.69) is 10.4 Å². The van der Waals surface area contributed by atoms with Crippen LogP contribution in [0.4, 0.5) is 5.69 Å². The van der Waals surface area contributed by atoms with Crippen molar-refractivity contribution < 1.29 is 13.9 Å². The van der Waals surface area contributed by atoms with E-state index in [9.17, 15) is 4.79 Å². The SMILES string of the molecule is COc1cc(C(=O)Nc2c(C)nn(C)c2C)cc2occc12. The van der Waals surface area contributed by atoms with Gasteiger partial charge >= 0.3 is 0 Å². The number of hydrogen-bond acceptors (Lipinski definition) is 4. The van der Waals surface area contributed by atoms with Gasteiger partial charge in [-0.3, -0.25) is 9.48 Å². The van der Waals surface area contributed by atoms with Crippen LogP contribution in [0, 0.1) is 13.8 Å². The third kappa shape index (κ3) is 2.22. The third-order valence-corrected chi connectivity index (χ3v) is 3.76. The highest BCUT2D eigenvalue weighted by Gasteiger charge is 2.16. The Balaban J connectivity index is 1.98. The average molecular weight is 299 g/mol. The molecule has 0 unspecified atom stereocenters. The molecular formula is C16H17N3O3. The van der Waals surface area contributed by atoms with Crippen LogP contribution in [0.25, 0.3) is 11.0 Å². The number of carbonyl (C=O) groups excluding carboxylic acids is 1. The quantitative estimate of drug-likeness (QED) is 0.807. The molecule has 114 valence electrons. The molecule has 22 heavy (non-hydrogen) atoms. The number of fused-ring (bicyclic) bond motifs is 1. The van der Waals surface area contributed by atoms with Gasteiger partial charge in [-0.25, -0.2) is 0 Å². The van der Waals surface area contributed by atoms with E-state index in [0.29, 0.717) is 16.9 Å². The summed E-state index contributed by atoms with van der Waals surface area (Å²) in [5, 5.41) is 8.04. The number of amides is 1. The van der Waals surface area contributed by atoms with Crippen LogP contribution in [-0.2, 0) is 7.05 Å². The zero-order chi connectivity index (χ0) is 15.9. The summed E-state index contributed by atoms with van der Waals surface area (Å²) in [6.07, 6.45) is 1.57. The Bertz CT molecular complexity index is 861. The molecule has 0 aliphatic carbocycles. The molecule has 3 rings (SSSR count). The molecule has 0 saturated heterocycles. The Morgan fingerprint density at radius 1 is 1.36 bits per heavy atom. The smallest absolute Gasteiger partial charge is 0.256 e. The number of hydrogen-bond donors (Lipinski definition) is 1. The minimum Gasteiger partial charge on any atom is -0.496 e. The minimum absolute atomic E-state index is 0.226. The molecule has 1 N–H and O–H groups in total. The van der Waals surface area contributed by atoms with Crippen molar-refractivity contribution >= 4 is 22.6 Å². The second kappa shape index (κ2) is 5.22. The van der Waals surface area contributed by atoms with Crippen molar-refractivity contribution in [1.82, 2.24) is 9.78 Å². The van der Waals surface area contributed by atoms with Gasteiger partial charge in [-0.2, -0.15) is 5.10 Å². The summed E-state index contributed by atoms with van der Waals surface area (Å²) < 4.78 is 12.4. The molecule has 6 heteroatoms. The molecule has 0 fully saturated rings. The molecule has 6 nitrogen and oxygen atoms in total. The second-order valence-corrected chi connectivity index (χ2v) is 5.13. The summed E-state index contributed by atoms with van der Waals surface area (Å²) in [4.78, 5) is 12.5. The highest BCUT2D eigenvalue weighted by atomic mass is 16.5. The van der Waals surface area contributed by atoms with E-state index in [-0.39, 0.29) is 5.91 Å². The fourth-order valence-electron chi connectivity index (χ4n) is 2.48. The average Bonchev–Trinajstić information content (AvgIpc) is 3.06. The van der Waals surface area contributed by atoms with Gasteiger partial charge in [0, 0.05) is 12.6 Å². The first-order valence-electron chi connectivity index (χ1n) is 6.88. The first kappa shape index (κ1) is 14.2. The molecule has 0 spiro atoms. The molecule has 1 aromatic carbocycles. The van der Waals surface area contributed by atoms with Crippen LogP contribution in [0.1, 0.15) is 21.7 Å². The Hall–Kier alpha value is -2.76. The fraction of sp³-hybridized carbons (Fsp3) is 0.250. The van der Waals surface area contributed by atoms with Crippen molar-refractivity contribution in [1.29, 1.82) is 0 Å². The lowest BCUT2D eigenvalue weighted by Gasteiger charge is -2.08. The number of furan rings is 1. The van der Waals surface area contributed by atoms with Gasteiger partial charge in [0.25, 0.3) is 5.91 Å². The Morgan fingerprint density at radius 2 is 2.14 bits per heavy atom. The van der Waals surface area contributed by atoms with E-state index in [1.54, 1.807) is 30.2 Å². The van der Waals surface area contributed by atoms with Crippen LogP contribution in [0.5, 0.6) is 5.75 Å². The monoisotopic (exact) mass is 299 g/mol. The van der Waals surface area contributed by atoms with Gasteiger partial charge in [-0.1, -0.05) is 0 Å². The molecular weight excluding hydrogens is 282 g/mol. The van der Waals surface area contributed by atoms with Crippen molar-refractivity contribution in [3.8, 4) is 5.75 Å². The van der Waals surface area contributed by atoms with Gasteiger partial charge in [0.05, 0.1) is 35.8 Å². The number of methoxy groups -OCH3 is 1. The number of benzene rings is 1. The topological polar surface area (TPSA) is 69.3 Å². The predicted octanol–water partition coefficient (Wildman–Crippen LogP) is 3.04. The molecule has 0 bridgehead atoms. The molecule has 2 heterocycles. The lowest BCUT2D eigenvalue weighted by Crippen LogP contribution is -2.13. The molecule has 0 atom stereocenters. The number of nitrogens with zero attached hydrogens (tertiary/aromatic N) is 2. The largest absolute Gasteiger partial charge is 0.496 e. The summed E-state index contributed by atoms with van der Waals surface area (Å²) in [6, 6.07) is 5.22. The fourth-order valence-corrected chi connectivity index (χ4v) is 2.48. The van der Waals surface area contributed by atoms with E-state index in [0.717, 1.165) is 22.5 Å². The van der Waals surface area contributed by atoms with Crippen molar-refractivity contribution in [3.63, 3.8) is 0 Å². The van der Waals surface area contributed by atoms with E-state index in [1.165, 1.54) is 0 Å². The number of nitrogens with one attached hydrogen (secondary N) is 1. The van der Waals surface area contributed by atoms with Crippen LogP contribution in [0.15, 0.2) is 28.9 Å². The normalized spacial score (nSPS) is 10.9. The lowest BCUT2D eigenvalue weighted by atomic mass is 10.1. The second-order valence-electron chi connectivity index (χ2n) is 5.13. The maximum absolute atomic E-state index is 12.5. The Labute approximate surface area is 127 Å². The Kier molecular flexibility index (Phi) is 3.36. The van der Waals surface area contributed by atoms with E-state index < -0.39 is 0 Å². The third-order valence-electron chi connectivity index (χ3n) is 3.76. The maximum Gasteiger partial charge on any atom is 0.256 e. The van der Waals surface area contributed by atoms with Crippen molar-refractivity contribution in [2.45, 2.75) is 13.8 Å². The van der Waals surface area contributed by atoms with Gasteiger partial charge in [0.2, 0.25) is 0 Å². The van der Waals surface area contributed by atoms with Crippen LogP contribution in [0.2, 0.25) is 0 Å². The van der Waals surface area contributed by atoms with Gasteiger partial charge in [0.1, 0.15) is 11.3 Å². The van der Waals surface area contributed by atoms with Gasteiger partial charge in [-0.15, -0.1) is 0 Å². The van der Waals surface area contributed by atoms with Crippen LogP contribution < -0.4 is 10.1 Å². The van der Waals surface area contributed by atoms with Gasteiger partial charge < -0.3 is 14.5 Å². The summed E-state index contributed by atoms with van der Waals surface area (Å²) in [5.74, 6) is 0.381. The number of aromatic nitrogens is 2. The summed E-state index contributed by atoms with van der Waals surface area (Å²) >= 11 is 0. The zero-order valence-corrected chi connectivity index (χ0v) is 12.9. The summed E-state index contributed by atoms with van der Waals surface area (Å²) in [6.45, 7) is 3.77. The lowest BCUT2D eigenvalue weighted by molar-refractivity contribution is 0.102. The maximum atomic E-state index is 12.5. The van der Waals surface area contributed by atoms with Crippen LogP contribution in [0.3, 0.4) is 0 Å². The number of aryl methyl sites for hydroxylation is 2. The number of ether oxygens (including phenoxy) is 1. The minimum atomic E-state index is -0.226. The highest BCUT2D eigenvalue weighted by Crippen LogP contribution is 2.29. The Morgan fingerprint density at radius 3 is 2.77 bits per heavy atom. The van der Waals surface area contributed by atoms with Crippen LogP contribution >= 0.6 is 0 Å². The summed E-state index contributed by atoms with van der Waals surface area (Å²) in [7, 11) is 3.41. The molecule has 0 saturated carbocycles. The van der Waals surface area contributed by atoms with E-state index in [4.69, 9.17) is 9.15 Å². The van der Waals surface area contributed by atoms with Crippen molar-refractivity contribution in [2.24, 2.45) is 7.05 Å². The molecule has 0 radical (unpaired) electrons. The van der Waals surface area contributed by atoms with Crippen molar-refractivity contribution in [3.05, 3.63) is 41.4 Å².